The Bertz CT molecular complexity index is 849. The maximum Gasteiger partial charge on any atom is 0.421 e. The number of aromatic nitrogens is 2. The molecule has 0 atom stereocenters. The van der Waals surface area contributed by atoms with E-state index in [0.29, 0.717) is 11.3 Å². The molecule has 0 fully saturated rings. The van der Waals surface area contributed by atoms with E-state index < -0.39 is 11.7 Å². The number of unbranched alkanes of at least 4 members (excludes halogenated alkanes) is 1. The molecule has 1 aromatic carbocycles. The summed E-state index contributed by atoms with van der Waals surface area (Å²) in [5.74, 6) is -0.311. The summed E-state index contributed by atoms with van der Waals surface area (Å²) in [6.07, 6.45) is 0.509. The van der Waals surface area contributed by atoms with Crippen LogP contribution in [0, 0.1) is 5.41 Å². The third-order valence-corrected chi connectivity index (χ3v) is 4.46. The van der Waals surface area contributed by atoms with E-state index in [0.717, 1.165) is 31.1 Å². The molecule has 0 aliphatic heterocycles. The largest absolute Gasteiger partial charge is 0.421 e. The number of hydrogen-bond acceptors (Lipinski definition) is 6. The minimum absolute atomic E-state index is 0.00726. The van der Waals surface area contributed by atoms with E-state index in [1.807, 2.05) is 6.07 Å². The molecule has 2 aromatic rings. The van der Waals surface area contributed by atoms with Gasteiger partial charge in [0.05, 0.1) is 5.69 Å². The molecule has 4 N–H and O–H groups in total. The lowest BCUT2D eigenvalue weighted by Gasteiger charge is -2.29. The first-order valence-electron chi connectivity index (χ1n) is 9.42. The monoisotopic (exact) mass is 408 g/mol. The van der Waals surface area contributed by atoms with E-state index in [9.17, 15) is 13.2 Å². The molecule has 158 valence electrons. The normalized spacial score (nSPS) is 11.8. The highest BCUT2D eigenvalue weighted by Gasteiger charge is 2.35. The van der Waals surface area contributed by atoms with Gasteiger partial charge in [0.1, 0.15) is 11.4 Å². The average molecular weight is 408 g/mol. The summed E-state index contributed by atoms with van der Waals surface area (Å²) in [6, 6.07) is 5.40. The quantitative estimate of drug-likeness (QED) is 0.402. The van der Waals surface area contributed by atoms with Crippen LogP contribution in [0.25, 0.3) is 0 Å². The summed E-state index contributed by atoms with van der Waals surface area (Å²) >= 11 is 0. The summed E-state index contributed by atoms with van der Waals surface area (Å²) in [5, 5.41) is 16.7. The number of hydrogen-bond donors (Lipinski definition) is 4. The zero-order valence-corrected chi connectivity index (χ0v) is 17.0. The fourth-order valence-corrected chi connectivity index (χ4v) is 2.95. The van der Waals surface area contributed by atoms with Crippen molar-refractivity contribution >= 4 is 29.4 Å². The maximum atomic E-state index is 13.0. The van der Waals surface area contributed by atoms with Gasteiger partial charge in [-0.25, -0.2) is 4.98 Å². The Kier molecular flexibility index (Phi) is 7.05. The molecule has 0 aliphatic carbocycles. The first-order chi connectivity index (χ1) is 13.6. The van der Waals surface area contributed by atoms with Crippen LogP contribution in [0.2, 0.25) is 0 Å². The second-order valence-electron chi connectivity index (χ2n) is 7.35. The minimum Gasteiger partial charge on any atom is -0.380 e. The summed E-state index contributed by atoms with van der Waals surface area (Å²) in [4.78, 5) is 7.72. The Balaban J connectivity index is 2.33. The second-order valence-corrected chi connectivity index (χ2v) is 7.35. The van der Waals surface area contributed by atoms with Gasteiger partial charge >= 0.3 is 6.18 Å². The van der Waals surface area contributed by atoms with E-state index in [4.69, 9.17) is 5.41 Å². The average Bonchev–Trinajstić information content (AvgIpc) is 2.65. The van der Waals surface area contributed by atoms with Gasteiger partial charge in [-0.15, -0.1) is 0 Å². The lowest BCUT2D eigenvalue weighted by molar-refractivity contribution is -0.137. The number of alkyl halides is 3. The molecule has 0 amide bonds. The van der Waals surface area contributed by atoms with Crippen molar-refractivity contribution in [3.05, 3.63) is 35.5 Å². The summed E-state index contributed by atoms with van der Waals surface area (Å²) in [5.41, 5.74) is 0.749. The topological polar surface area (TPSA) is 85.7 Å². The fraction of sp³-hybridized carbons (Fsp3) is 0.450. The van der Waals surface area contributed by atoms with Crippen LogP contribution in [0.5, 0.6) is 0 Å². The highest BCUT2D eigenvalue weighted by Crippen LogP contribution is 2.34. The molecule has 0 bridgehead atoms. The first-order valence-corrected chi connectivity index (χ1v) is 9.42. The van der Waals surface area contributed by atoms with Crippen molar-refractivity contribution in [2.45, 2.75) is 51.7 Å². The summed E-state index contributed by atoms with van der Waals surface area (Å²) in [6.45, 7) is 6.32. The lowest BCUT2D eigenvalue weighted by atomic mass is 9.96. The smallest absolute Gasteiger partial charge is 0.380 e. The van der Waals surface area contributed by atoms with Gasteiger partial charge in [0.25, 0.3) is 0 Å². The van der Waals surface area contributed by atoms with Crippen molar-refractivity contribution in [3.8, 4) is 0 Å². The molecule has 9 heteroatoms. The third kappa shape index (κ3) is 5.82. The van der Waals surface area contributed by atoms with Crippen LogP contribution < -0.4 is 16.0 Å². The van der Waals surface area contributed by atoms with E-state index in [2.05, 4.69) is 46.7 Å². The van der Waals surface area contributed by atoms with E-state index in [1.54, 1.807) is 12.1 Å². The van der Waals surface area contributed by atoms with Gasteiger partial charge in [-0.2, -0.15) is 18.2 Å². The third-order valence-electron chi connectivity index (χ3n) is 4.46. The number of rotatable bonds is 9. The van der Waals surface area contributed by atoms with E-state index in [-0.39, 0.29) is 17.3 Å². The van der Waals surface area contributed by atoms with Gasteiger partial charge in [-0.05, 0) is 32.4 Å². The number of halogens is 3. The van der Waals surface area contributed by atoms with Crippen molar-refractivity contribution in [1.29, 1.82) is 5.41 Å². The molecular weight excluding hydrogens is 381 g/mol. The lowest BCUT2D eigenvalue weighted by Crippen LogP contribution is -2.31. The molecule has 0 aliphatic rings. The Morgan fingerprint density at radius 1 is 1.17 bits per heavy atom. The van der Waals surface area contributed by atoms with Crippen LogP contribution >= 0.6 is 0 Å². The van der Waals surface area contributed by atoms with E-state index in [1.165, 1.54) is 13.3 Å². The fourth-order valence-electron chi connectivity index (χ4n) is 2.95. The molecule has 0 radical (unpaired) electrons. The van der Waals surface area contributed by atoms with Crippen LogP contribution in [-0.4, -0.2) is 28.8 Å². The first kappa shape index (κ1) is 22.4. The van der Waals surface area contributed by atoms with Crippen LogP contribution in [0.1, 0.15) is 51.2 Å². The molecule has 0 unspecified atom stereocenters. The maximum absolute atomic E-state index is 13.0. The molecule has 1 aromatic heterocycles. The molecule has 0 spiro atoms. The number of anilines is 4. The van der Waals surface area contributed by atoms with Gasteiger partial charge < -0.3 is 21.4 Å². The van der Waals surface area contributed by atoms with Crippen molar-refractivity contribution in [3.63, 3.8) is 0 Å². The van der Waals surface area contributed by atoms with Crippen LogP contribution in [-0.2, 0) is 6.18 Å². The Hall–Kier alpha value is -2.84. The molecule has 6 nitrogen and oxygen atoms in total. The van der Waals surface area contributed by atoms with Crippen molar-refractivity contribution in [2.75, 3.05) is 23.0 Å². The van der Waals surface area contributed by atoms with Crippen LogP contribution in [0.3, 0.4) is 0 Å². The molecule has 1 heterocycles. The summed E-state index contributed by atoms with van der Waals surface area (Å²) < 4.78 is 39.1. The SMILES string of the molecule is CCCCC(C)(C)Nc1cccc(Nc2ncc(C(F)(F)F)c(NC)n2)c1C=N. The van der Waals surface area contributed by atoms with Crippen molar-refractivity contribution in [1.82, 2.24) is 9.97 Å². The molecule has 29 heavy (non-hydrogen) atoms. The van der Waals surface area contributed by atoms with Gasteiger partial charge in [-0.3, -0.25) is 0 Å². The number of nitrogens with one attached hydrogen (secondary N) is 4. The molecule has 2 rings (SSSR count). The van der Waals surface area contributed by atoms with Crippen molar-refractivity contribution < 1.29 is 13.2 Å². The van der Waals surface area contributed by atoms with Gasteiger partial charge in [0.15, 0.2) is 0 Å². The van der Waals surface area contributed by atoms with E-state index >= 15 is 0 Å². The highest BCUT2D eigenvalue weighted by atomic mass is 19.4. The molecule has 0 saturated carbocycles. The zero-order chi connectivity index (χ0) is 21.7. The van der Waals surface area contributed by atoms with Gasteiger partial charge in [-0.1, -0.05) is 25.8 Å². The van der Waals surface area contributed by atoms with Crippen molar-refractivity contribution in [2.24, 2.45) is 0 Å². The Labute approximate surface area is 168 Å². The standard InChI is InChI=1S/C20H27F3N6/c1-5-6-10-19(2,3)29-16-9-7-8-15(13(16)11-24)27-18-26-12-14(20(21,22)23)17(25-4)28-18/h7-9,11-12,24,29H,5-6,10H2,1-4H3,(H2,25,26,27,28). The molecule has 0 saturated heterocycles. The molecular formula is C20H27F3N6. The number of benzene rings is 1. The van der Waals surface area contributed by atoms with Gasteiger partial charge in [0, 0.05) is 36.2 Å². The highest BCUT2D eigenvalue weighted by molar-refractivity contribution is 5.94. The minimum atomic E-state index is -4.55. The summed E-state index contributed by atoms with van der Waals surface area (Å²) in [7, 11) is 1.37. The van der Waals surface area contributed by atoms with Crippen LogP contribution in [0.15, 0.2) is 24.4 Å². The zero-order valence-electron chi connectivity index (χ0n) is 17.0. The number of nitrogens with zero attached hydrogens (tertiary/aromatic N) is 2. The Morgan fingerprint density at radius 2 is 1.86 bits per heavy atom. The predicted octanol–water partition coefficient (Wildman–Crippen LogP) is 5.66. The van der Waals surface area contributed by atoms with Crippen LogP contribution in [0.4, 0.5) is 36.3 Å². The predicted molar refractivity (Wildman–Crippen MR) is 111 cm³/mol. The Morgan fingerprint density at radius 3 is 2.45 bits per heavy atom. The second kappa shape index (κ2) is 9.11. The van der Waals surface area contributed by atoms with Gasteiger partial charge in [0.2, 0.25) is 5.95 Å².